The van der Waals surface area contributed by atoms with Gasteiger partial charge in [0.1, 0.15) is 12.4 Å². The zero-order valence-electron chi connectivity index (χ0n) is 16.4. The van der Waals surface area contributed by atoms with Crippen molar-refractivity contribution in [3.8, 4) is 0 Å². The molecule has 156 valence electrons. The van der Waals surface area contributed by atoms with Crippen molar-refractivity contribution < 1.29 is 18.8 Å². The van der Waals surface area contributed by atoms with Gasteiger partial charge >= 0.3 is 0 Å². The van der Waals surface area contributed by atoms with Gasteiger partial charge in [0.25, 0.3) is 5.91 Å². The summed E-state index contributed by atoms with van der Waals surface area (Å²) in [6.45, 7) is 1.64. The van der Waals surface area contributed by atoms with Crippen LogP contribution in [0.25, 0.3) is 0 Å². The molecule has 3 aliphatic heterocycles. The first-order valence-corrected chi connectivity index (χ1v) is 10.0. The molecule has 3 saturated heterocycles. The van der Waals surface area contributed by atoms with Crippen LogP contribution in [-0.2, 0) is 16.0 Å². The minimum atomic E-state index is -0.594. The fourth-order valence-corrected chi connectivity index (χ4v) is 4.37. The summed E-state index contributed by atoms with van der Waals surface area (Å²) in [6.07, 6.45) is 2.34. The van der Waals surface area contributed by atoms with Crippen LogP contribution in [0.5, 0.6) is 0 Å². The number of fused-ring (bicyclic) bond motifs is 1. The van der Waals surface area contributed by atoms with Gasteiger partial charge in [0, 0.05) is 32.2 Å². The van der Waals surface area contributed by atoms with E-state index in [2.05, 4.69) is 16.2 Å². The SMILES string of the molecule is CN1CCN(C(=O)c2cc(CC3NNC(=O)C4CCCNC34)ccc2F)CC1=O. The third kappa shape index (κ3) is 3.97. The van der Waals surface area contributed by atoms with Crippen molar-refractivity contribution in [2.24, 2.45) is 5.92 Å². The van der Waals surface area contributed by atoms with Crippen LogP contribution in [0.3, 0.4) is 0 Å². The summed E-state index contributed by atoms with van der Waals surface area (Å²) in [5.74, 6) is -1.31. The number of hydrogen-bond donors (Lipinski definition) is 3. The molecule has 3 aliphatic rings. The van der Waals surface area contributed by atoms with Gasteiger partial charge in [-0.25, -0.2) is 9.82 Å². The highest BCUT2D eigenvalue weighted by atomic mass is 19.1. The lowest BCUT2D eigenvalue weighted by Crippen LogP contribution is -2.67. The standard InChI is InChI=1S/C20H26FN5O3/c1-25-7-8-26(11-17(25)27)20(29)14-9-12(4-5-15(14)21)10-16-18-13(3-2-6-22-18)19(28)24-23-16/h4-5,9,13,16,18,22-23H,2-3,6-8,10-11H2,1H3,(H,24,28). The van der Waals surface area contributed by atoms with Gasteiger partial charge in [-0.1, -0.05) is 6.07 Å². The van der Waals surface area contributed by atoms with Gasteiger partial charge in [-0.15, -0.1) is 0 Å². The van der Waals surface area contributed by atoms with Crippen LogP contribution >= 0.6 is 0 Å². The summed E-state index contributed by atoms with van der Waals surface area (Å²) in [5, 5.41) is 3.42. The van der Waals surface area contributed by atoms with E-state index in [1.54, 1.807) is 24.1 Å². The van der Waals surface area contributed by atoms with E-state index in [1.165, 1.54) is 11.0 Å². The van der Waals surface area contributed by atoms with Gasteiger partial charge in [0.2, 0.25) is 11.8 Å². The lowest BCUT2D eigenvalue weighted by molar-refractivity contribution is -0.133. The molecule has 0 bridgehead atoms. The number of halogens is 1. The van der Waals surface area contributed by atoms with Gasteiger partial charge in [0.05, 0.1) is 11.5 Å². The molecule has 4 rings (SSSR count). The topological polar surface area (TPSA) is 93.8 Å². The van der Waals surface area contributed by atoms with Crippen molar-refractivity contribution in [2.45, 2.75) is 31.3 Å². The van der Waals surface area contributed by atoms with E-state index in [0.717, 1.165) is 24.9 Å². The Balaban J connectivity index is 1.50. The predicted octanol–water partition coefficient (Wildman–Crippen LogP) is -0.346. The summed E-state index contributed by atoms with van der Waals surface area (Å²) in [7, 11) is 1.69. The number of hydrogen-bond acceptors (Lipinski definition) is 5. The van der Waals surface area contributed by atoms with Crippen molar-refractivity contribution in [1.29, 1.82) is 0 Å². The molecule has 3 N–H and O–H groups in total. The van der Waals surface area contributed by atoms with Crippen LogP contribution in [0.15, 0.2) is 18.2 Å². The Labute approximate surface area is 168 Å². The number of nitrogens with one attached hydrogen (secondary N) is 3. The summed E-state index contributed by atoms with van der Waals surface area (Å²) in [6, 6.07) is 4.47. The highest BCUT2D eigenvalue weighted by Gasteiger charge is 2.40. The summed E-state index contributed by atoms with van der Waals surface area (Å²) in [5.41, 5.74) is 6.57. The monoisotopic (exact) mass is 403 g/mol. The average molecular weight is 403 g/mol. The number of amides is 3. The normalized spacial score (nSPS) is 27.4. The van der Waals surface area contributed by atoms with E-state index in [1.807, 2.05) is 0 Å². The Morgan fingerprint density at radius 3 is 2.90 bits per heavy atom. The molecule has 0 aliphatic carbocycles. The third-order valence-corrected chi connectivity index (χ3v) is 6.12. The molecule has 0 saturated carbocycles. The maximum absolute atomic E-state index is 14.4. The lowest BCUT2D eigenvalue weighted by atomic mass is 9.82. The number of benzene rings is 1. The van der Waals surface area contributed by atoms with Gasteiger partial charge in [-0.3, -0.25) is 19.8 Å². The number of rotatable bonds is 3. The molecule has 3 heterocycles. The first-order valence-electron chi connectivity index (χ1n) is 10.0. The van der Waals surface area contributed by atoms with Crippen molar-refractivity contribution >= 4 is 17.7 Å². The number of piperidine rings is 1. The third-order valence-electron chi connectivity index (χ3n) is 6.12. The van der Waals surface area contributed by atoms with Gasteiger partial charge < -0.3 is 15.1 Å². The first-order chi connectivity index (χ1) is 13.9. The maximum atomic E-state index is 14.4. The van der Waals surface area contributed by atoms with E-state index in [0.29, 0.717) is 19.5 Å². The van der Waals surface area contributed by atoms with Crippen molar-refractivity contribution in [3.05, 3.63) is 35.1 Å². The molecule has 3 unspecified atom stereocenters. The number of carbonyl (C=O) groups is 3. The number of hydrazine groups is 1. The Morgan fingerprint density at radius 2 is 2.10 bits per heavy atom. The summed E-state index contributed by atoms with van der Waals surface area (Å²) in [4.78, 5) is 39.8. The molecule has 9 heteroatoms. The van der Waals surface area contributed by atoms with Crippen molar-refractivity contribution in [3.63, 3.8) is 0 Å². The van der Waals surface area contributed by atoms with E-state index in [4.69, 9.17) is 0 Å². The molecule has 1 aromatic rings. The zero-order chi connectivity index (χ0) is 20.5. The second-order valence-corrected chi connectivity index (χ2v) is 8.03. The van der Waals surface area contributed by atoms with Crippen LogP contribution in [-0.4, -0.2) is 72.8 Å². The van der Waals surface area contributed by atoms with E-state index < -0.39 is 11.7 Å². The molecule has 1 aromatic carbocycles. The van der Waals surface area contributed by atoms with Crippen molar-refractivity contribution in [1.82, 2.24) is 26.0 Å². The number of nitrogens with zero attached hydrogens (tertiary/aromatic N) is 2. The Kier molecular flexibility index (Phi) is 5.51. The van der Waals surface area contributed by atoms with Gasteiger partial charge in [-0.2, -0.15) is 0 Å². The molecule has 3 atom stereocenters. The molecular formula is C20H26FN5O3. The second kappa shape index (κ2) is 8.08. The zero-order valence-corrected chi connectivity index (χ0v) is 16.4. The Hall–Kier alpha value is -2.52. The average Bonchev–Trinajstić information content (AvgIpc) is 2.73. The smallest absolute Gasteiger partial charge is 0.257 e. The Bertz CT molecular complexity index is 832. The highest BCUT2D eigenvalue weighted by Crippen LogP contribution is 2.24. The molecule has 0 spiro atoms. The summed E-state index contributed by atoms with van der Waals surface area (Å²) >= 11 is 0. The van der Waals surface area contributed by atoms with Crippen LogP contribution in [0.1, 0.15) is 28.8 Å². The van der Waals surface area contributed by atoms with E-state index in [9.17, 15) is 18.8 Å². The molecule has 29 heavy (non-hydrogen) atoms. The minimum absolute atomic E-state index is 0.00282. The number of piperazine rings is 1. The number of likely N-dealkylation sites (N-methyl/N-ethyl adjacent to an activating group) is 1. The maximum Gasteiger partial charge on any atom is 0.257 e. The van der Waals surface area contributed by atoms with Gasteiger partial charge in [0.15, 0.2) is 0 Å². The van der Waals surface area contributed by atoms with Crippen LogP contribution in [0, 0.1) is 11.7 Å². The fourth-order valence-electron chi connectivity index (χ4n) is 4.37. The van der Waals surface area contributed by atoms with Crippen LogP contribution < -0.4 is 16.2 Å². The largest absolute Gasteiger partial charge is 0.342 e. The van der Waals surface area contributed by atoms with Crippen LogP contribution in [0.4, 0.5) is 4.39 Å². The predicted molar refractivity (Wildman–Crippen MR) is 103 cm³/mol. The molecule has 0 radical (unpaired) electrons. The highest BCUT2D eigenvalue weighted by molar-refractivity contribution is 5.97. The Morgan fingerprint density at radius 1 is 1.28 bits per heavy atom. The molecule has 3 fully saturated rings. The lowest BCUT2D eigenvalue weighted by Gasteiger charge is -2.41. The molecular weight excluding hydrogens is 377 g/mol. The molecule has 8 nitrogen and oxygen atoms in total. The van der Waals surface area contributed by atoms with E-state index >= 15 is 0 Å². The van der Waals surface area contributed by atoms with Crippen molar-refractivity contribution in [2.75, 3.05) is 33.2 Å². The van der Waals surface area contributed by atoms with Gasteiger partial charge in [-0.05, 0) is 43.5 Å². The van der Waals surface area contributed by atoms with E-state index in [-0.39, 0.29) is 41.9 Å². The molecule has 0 aromatic heterocycles. The van der Waals surface area contributed by atoms with Crippen LogP contribution in [0.2, 0.25) is 0 Å². The quantitative estimate of drug-likeness (QED) is 0.642. The fraction of sp³-hybridized carbons (Fsp3) is 0.550. The number of carbonyl (C=O) groups excluding carboxylic acids is 3. The summed E-state index contributed by atoms with van der Waals surface area (Å²) < 4.78 is 14.4. The first kappa shape index (κ1) is 19.8. The second-order valence-electron chi connectivity index (χ2n) is 8.03. The minimum Gasteiger partial charge on any atom is -0.342 e. The molecule has 3 amide bonds.